The third kappa shape index (κ3) is 7.94. The van der Waals surface area contributed by atoms with E-state index in [4.69, 9.17) is 4.74 Å². The first-order chi connectivity index (χ1) is 8.08. The molecule has 1 unspecified atom stereocenters. The second kappa shape index (κ2) is 7.68. The molecular weight excluding hydrogens is 285 g/mol. The summed E-state index contributed by atoms with van der Waals surface area (Å²) in [5.74, 6) is 0. The van der Waals surface area contributed by atoms with E-state index in [1.165, 1.54) is 4.90 Å². The molecule has 1 aliphatic rings. The van der Waals surface area contributed by atoms with E-state index in [1.54, 1.807) is 20.8 Å². The van der Waals surface area contributed by atoms with Crippen molar-refractivity contribution in [3.8, 4) is 0 Å². The number of hydrogen-bond donors (Lipinski definition) is 0. The van der Waals surface area contributed by atoms with Crippen LogP contribution in [0.25, 0.3) is 0 Å². The third-order valence-corrected chi connectivity index (χ3v) is 2.79. The second-order valence-electron chi connectivity index (χ2n) is 5.77. The number of nitrogens with zero attached hydrogens (tertiary/aromatic N) is 1. The van der Waals surface area contributed by atoms with Gasteiger partial charge in [0.1, 0.15) is 5.60 Å². The monoisotopic (exact) mass is 305 g/mol. The fraction of sp³-hybridized carbons (Fsp3) is 0.909. The molecule has 1 atom stereocenters. The standard InChI is InChI=1S/C11H20BF3NO2.K/c1-11(2,3)18-10(17)16-7-5-4-6-9(16)8-12(13,14)15;/h9H,4-8H2,1-3H3;/q-1;+1. The molecular formula is C11H20BF3KNO2. The summed E-state index contributed by atoms with van der Waals surface area (Å²) in [4.78, 5) is 13.1. The molecule has 1 rings (SSSR count). The molecule has 8 heteroatoms. The van der Waals surface area contributed by atoms with Crippen LogP contribution in [-0.4, -0.2) is 36.2 Å². The second-order valence-corrected chi connectivity index (χ2v) is 5.77. The van der Waals surface area contributed by atoms with Crippen molar-refractivity contribution < 1.29 is 73.9 Å². The summed E-state index contributed by atoms with van der Waals surface area (Å²) in [5, 5.41) is 0. The molecule has 0 saturated carbocycles. The van der Waals surface area contributed by atoms with Crippen LogP contribution in [0.1, 0.15) is 40.0 Å². The van der Waals surface area contributed by atoms with Crippen molar-refractivity contribution in [2.24, 2.45) is 0 Å². The third-order valence-electron chi connectivity index (χ3n) is 2.79. The molecule has 1 fully saturated rings. The fourth-order valence-corrected chi connectivity index (χ4v) is 2.12. The average molecular weight is 305 g/mol. The molecule has 19 heavy (non-hydrogen) atoms. The van der Waals surface area contributed by atoms with Gasteiger partial charge in [0.05, 0.1) is 0 Å². The Bertz CT molecular complexity index is 307. The Balaban J connectivity index is 0.00000324. The van der Waals surface area contributed by atoms with E-state index in [0.717, 1.165) is 12.8 Å². The quantitative estimate of drug-likeness (QED) is 0.700. The zero-order chi connectivity index (χ0) is 14.0. The summed E-state index contributed by atoms with van der Waals surface area (Å²) >= 11 is 0. The van der Waals surface area contributed by atoms with E-state index < -0.39 is 31.0 Å². The molecule has 106 valence electrons. The summed E-state index contributed by atoms with van der Waals surface area (Å²) < 4.78 is 42.6. The Labute approximate surface area is 155 Å². The van der Waals surface area contributed by atoms with Gasteiger partial charge in [-0.25, -0.2) is 4.79 Å². The van der Waals surface area contributed by atoms with Crippen molar-refractivity contribution in [2.45, 2.75) is 58.0 Å². The van der Waals surface area contributed by atoms with Crippen LogP contribution >= 0.6 is 0 Å². The van der Waals surface area contributed by atoms with E-state index in [1.807, 2.05) is 0 Å². The van der Waals surface area contributed by atoms with Gasteiger partial charge < -0.3 is 22.6 Å². The molecule has 1 aliphatic heterocycles. The van der Waals surface area contributed by atoms with E-state index in [2.05, 4.69) is 0 Å². The molecule has 0 aliphatic carbocycles. The number of halogens is 3. The first-order valence-electron chi connectivity index (χ1n) is 6.29. The zero-order valence-electron chi connectivity index (χ0n) is 12.1. The Morgan fingerprint density at radius 2 is 1.89 bits per heavy atom. The maximum Gasteiger partial charge on any atom is 1.00 e. The Kier molecular flexibility index (Phi) is 7.99. The van der Waals surface area contributed by atoms with Gasteiger partial charge in [-0.3, -0.25) is 0 Å². The number of piperidine rings is 1. The SMILES string of the molecule is CC(C)(C)OC(=O)N1CCCCC1C[B-](F)(F)F.[K+]. The molecule has 0 bridgehead atoms. The molecule has 0 N–H and O–H groups in total. The van der Waals surface area contributed by atoms with Gasteiger partial charge >= 0.3 is 64.5 Å². The minimum Gasteiger partial charge on any atom is -0.449 e. The maximum absolute atomic E-state index is 12.5. The normalized spacial score (nSPS) is 20.7. The zero-order valence-corrected chi connectivity index (χ0v) is 15.2. The summed E-state index contributed by atoms with van der Waals surface area (Å²) in [6, 6.07) is -0.756. The van der Waals surface area contributed by atoms with Crippen LogP contribution in [0.5, 0.6) is 0 Å². The number of rotatable bonds is 2. The van der Waals surface area contributed by atoms with Crippen LogP contribution in [-0.2, 0) is 4.74 Å². The molecule has 1 amide bonds. The number of hydrogen-bond acceptors (Lipinski definition) is 2. The molecule has 1 saturated heterocycles. The van der Waals surface area contributed by atoms with Crippen LogP contribution in [0, 0.1) is 0 Å². The predicted octanol–water partition coefficient (Wildman–Crippen LogP) is 0.627. The van der Waals surface area contributed by atoms with Crippen LogP contribution in [0.2, 0.25) is 6.32 Å². The summed E-state index contributed by atoms with van der Waals surface area (Å²) in [5.41, 5.74) is -0.678. The summed E-state index contributed by atoms with van der Waals surface area (Å²) in [6.07, 6.45) is 0.350. The van der Waals surface area contributed by atoms with Gasteiger partial charge in [0.15, 0.2) is 0 Å². The molecule has 0 aromatic carbocycles. The van der Waals surface area contributed by atoms with Gasteiger partial charge in [-0.1, -0.05) is 6.32 Å². The van der Waals surface area contributed by atoms with E-state index in [0.29, 0.717) is 13.0 Å². The summed E-state index contributed by atoms with van der Waals surface area (Å²) in [7, 11) is 0. The fourth-order valence-electron chi connectivity index (χ4n) is 2.12. The minimum absolute atomic E-state index is 0. The van der Waals surface area contributed by atoms with Crippen LogP contribution in [0.3, 0.4) is 0 Å². The van der Waals surface area contributed by atoms with Gasteiger partial charge in [-0.15, -0.1) is 0 Å². The first-order valence-corrected chi connectivity index (χ1v) is 6.29. The van der Waals surface area contributed by atoms with Crippen LogP contribution < -0.4 is 51.4 Å². The van der Waals surface area contributed by atoms with Crippen LogP contribution in [0.15, 0.2) is 0 Å². The average Bonchev–Trinajstić information content (AvgIpc) is 2.12. The largest absolute Gasteiger partial charge is 1.00 e. The molecule has 3 nitrogen and oxygen atoms in total. The van der Waals surface area contributed by atoms with Crippen molar-refractivity contribution in [1.82, 2.24) is 4.90 Å². The minimum atomic E-state index is -4.87. The smallest absolute Gasteiger partial charge is 0.449 e. The van der Waals surface area contributed by atoms with Gasteiger partial charge in [0.25, 0.3) is 0 Å². The van der Waals surface area contributed by atoms with Crippen LogP contribution in [0.4, 0.5) is 17.7 Å². The number of ether oxygens (including phenoxy) is 1. The van der Waals surface area contributed by atoms with Gasteiger partial charge in [0, 0.05) is 12.6 Å². The first kappa shape index (κ1) is 19.8. The summed E-state index contributed by atoms with van der Waals surface area (Å²) in [6.45, 7) is 0.596. The van der Waals surface area contributed by atoms with E-state index in [-0.39, 0.29) is 51.4 Å². The van der Waals surface area contributed by atoms with Crippen molar-refractivity contribution in [3.05, 3.63) is 0 Å². The van der Waals surface area contributed by atoms with Crippen molar-refractivity contribution in [1.29, 1.82) is 0 Å². The number of likely N-dealkylation sites (tertiary alicyclic amines) is 1. The Morgan fingerprint density at radius 1 is 1.32 bits per heavy atom. The van der Waals surface area contributed by atoms with E-state index in [9.17, 15) is 17.7 Å². The number of carbonyl (C=O) groups excluding carboxylic acids is 1. The van der Waals surface area contributed by atoms with Crippen molar-refractivity contribution in [2.75, 3.05) is 6.54 Å². The Morgan fingerprint density at radius 3 is 2.37 bits per heavy atom. The van der Waals surface area contributed by atoms with E-state index >= 15 is 0 Å². The van der Waals surface area contributed by atoms with Gasteiger partial charge in [0.2, 0.25) is 0 Å². The van der Waals surface area contributed by atoms with Gasteiger partial charge in [-0.2, -0.15) is 0 Å². The van der Waals surface area contributed by atoms with Crippen molar-refractivity contribution in [3.63, 3.8) is 0 Å². The molecule has 0 spiro atoms. The number of carbonyl (C=O) groups is 1. The van der Waals surface area contributed by atoms with Gasteiger partial charge in [-0.05, 0) is 40.0 Å². The topological polar surface area (TPSA) is 29.5 Å². The molecule has 0 aromatic heterocycles. The molecule has 1 heterocycles. The van der Waals surface area contributed by atoms with Crippen molar-refractivity contribution >= 4 is 13.1 Å². The predicted molar refractivity (Wildman–Crippen MR) is 64.5 cm³/mol. The molecule has 0 radical (unpaired) electrons. The maximum atomic E-state index is 12.5. The molecule has 0 aromatic rings. The number of amides is 1. The Hall–Kier alpha value is 0.761.